The Morgan fingerprint density at radius 1 is 1.07 bits per heavy atom. The van der Waals surface area contributed by atoms with Crippen molar-refractivity contribution < 1.29 is 33.8 Å². The summed E-state index contributed by atoms with van der Waals surface area (Å²) in [7, 11) is 3.02. The fourth-order valence-corrected chi connectivity index (χ4v) is 5.57. The number of hydrogen-bond acceptors (Lipinski definition) is 7. The third kappa shape index (κ3) is 5.07. The van der Waals surface area contributed by atoms with Gasteiger partial charge in [0.1, 0.15) is 13.1 Å². The standard InChI is InChI=1S/C30H34N4O6/c1-20-23(19-31-34(20)21-9-5-4-6-10-21)27(35)25-26(22-11-7-12-24(38-2)29(22)39-3)33(30(37)28(25)36)14-8-13-32-15-17-40-18-16-32/h4-7,9-12,19,26,35H,8,13-18H2,1-3H3. The summed E-state index contributed by atoms with van der Waals surface area (Å²) in [6.07, 6.45) is 2.13. The Kier molecular flexibility index (Phi) is 8.18. The van der Waals surface area contributed by atoms with Gasteiger partial charge in [-0.05, 0) is 25.1 Å². The molecule has 0 radical (unpaired) electrons. The van der Waals surface area contributed by atoms with Gasteiger partial charge in [-0.25, -0.2) is 4.68 Å². The van der Waals surface area contributed by atoms with E-state index >= 15 is 0 Å². The van der Waals surface area contributed by atoms with Crippen LogP contribution in [0, 0.1) is 6.92 Å². The molecule has 0 saturated carbocycles. The van der Waals surface area contributed by atoms with Gasteiger partial charge in [-0.15, -0.1) is 0 Å². The van der Waals surface area contributed by atoms with E-state index in [-0.39, 0.29) is 11.1 Å². The van der Waals surface area contributed by atoms with Crippen molar-refractivity contribution in [2.45, 2.75) is 19.4 Å². The van der Waals surface area contributed by atoms with E-state index in [0.29, 0.717) is 48.9 Å². The van der Waals surface area contributed by atoms with Crippen molar-refractivity contribution in [1.82, 2.24) is 14.7 Å². The zero-order valence-electron chi connectivity index (χ0n) is 23.0. The summed E-state index contributed by atoms with van der Waals surface area (Å²) in [6, 6.07) is 13.8. The number of hydrogen-bond donors (Lipinski definition) is 1. The molecule has 1 unspecified atom stereocenters. The van der Waals surface area contributed by atoms with E-state index in [1.54, 1.807) is 29.8 Å². The van der Waals surface area contributed by atoms with Gasteiger partial charge in [0.2, 0.25) is 5.78 Å². The van der Waals surface area contributed by atoms with Gasteiger partial charge < -0.3 is 29.1 Å². The van der Waals surface area contributed by atoms with Crippen LogP contribution in [0.25, 0.3) is 11.4 Å². The van der Waals surface area contributed by atoms with Crippen molar-refractivity contribution >= 4 is 17.4 Å². The molecule has 40 heavy (non-hydrogen) atoms. The number of carbonyl (C=O) groups excluding carboxylic acids is 2. The average Bonchev–Trinajstić information content (AvgIpc) is 3.49. The highest BCUT2D eigenvalue weighted by Crippen LogP contribution is 2.45. The molecule has 0 aliphatic carbocycles. The van der Waals surface area contributed by atoms with Gasteiger partial charge in [0.15, 0.2) is 11.5 Å². The number of aromatic nitrogens is 2. The molecule has 0 bridgehead atoms. The number of nitrogens with zero attached hydrogens (tertiary/aromatic N) is 3. The summed E-state index contributed by atoms with van der Waals surface area (Å²) in [4.78, 5) is 29.9. The van der Waals surface area contributed by atoms with Gasteiger partial charge in [0, 0.05) is 35.4 Å². The number of carbonyl (C=O) groups is 2. The van der Waals surface area contributed by atoms with Crippen LogP contribution in [0.4, 0.5) is 0 Å². The predicted octanol–water partition coefficient (Wildman–Crippen LogP) is 0.727. The first kappa shape index (κ1) is 27.4. The number of benzene rings is 2. The van der Waals surface area contributed by atoms with E-state index in [1.165, 1.54) is 30.2 Å². The van der Waals surface area contributed by atoms with Crippen LogP contribution in [-0.2, 0) is 14.3 Å². The summed E-state index contributed by atoms with van der Waals surface area (Å²) in [6.45, 7) is 6.15. The highest BCUT2D eigenvalue weighted by Gasteiger charge is 2.45. The third-order valence-electron chi connectivity index (χ3n) is 7.64. The van der Waals surface area contributed by atoms with E-state index in [9.17, 15) is 14.7 Å². The number of rotatable bonds is 9. The largest absolute Gasteiger partial charge is 0.872 e. The number of methoxy groups -OCH3 is 2. The Morgan fingerprint density at radius 3 is 2.52 bits per heavy atom. The Morgan fingerprint density at radius 2 is 1.82 bits per heavy atom. The van der Waals surface area contributed by atoms with Crippen molar-refractivity contribution in [3.63, 3.8) is 0 Å². The molecular weight excluding hydrogens is 512 g/mol. The minimum absolute atomic E-state index is 0.106. The molecule has 3 heterocycles. The third-order valence-corrected chi connectivity index (χ3v) is 7.64. The lowest BCUT2D eigenvalue weighted by molar-refractivity contribution is -0.908. The van der Waals surface area contributed by atoms with E-state index in [4.69, 9.17) is 14.2 Å². The second-order valence-corrected chi connectivity index (χ2v) is 9.91. The molecule has 1 N–H and O–H groups in total. The zero-order valence-corrected chi connectivity index (χ0v) is 23.0. The number of para-hydroxylation sites is 2. The minimum Gasteiger partial charge on any atom is -0.872 e. The Bertz CT molecular complexity index is 1410. The Hall–Kier alpha value is -4.15. The summed E-state index contributed by atoms with van der Waals surface area (Å²) < 4.78 is 18.3. The molecule has 1 aromatic heterocycles. The van der Waals surface area contributed by atoms with Gasteiger partial charge >= 0.3 is 0 Å². The molecule has 210 valence electrons. The van der Waals surface area contributed by atoms with Crippen LogP contribution in [0.5, 0.6) is 11.5 Å². The number of quaternary nitrogens is 1. The maximum Gasteiger partial charge on any atom is 0.295 e. The van der Waals surface area contributed by atoms with Gasteiger partial charge in [0.05, 0.1) is 51.9 Å². The molecule has 2 aliphatic heterocycles. The summed E-state index contributed by atoms with van der Waals surface area (Å²) >= 11 is 0. The van der Waals surface area contributed by atoms with Gasteiger partial charge in [-0.3, -0.25) is 9.59 Å². The summed E-state index contributed by atoms with van der Waals surface area (Å²) in [5.41, 5.74) is 2.06. The summed E-state index contributed by atoms with van der Waals surface area (Å²) in [5.74, 6) is -1.18. The highest BCUT2D eigenvalue weighted by atomic mass is 16.5. The molecule has 2 fully saturated rings. The Balaban J connectivity index is 1.57. The molecule has 2 aliphatic rings. The van der Waals surface area contributed by atoms with Crippen LogP contribution in [0.1, 0.15) is 29.3 Å². The van der Waals surface area contributed by atoms with Crippen LogP contribution >= 0.6 is 0 Å². The van der Waals surface area contributed by atoms with Crippen LogP contribution in [-0.4, -0.2) is 80.0 Å². The smallest absolute Gasteiger partial charge is 0.295 e. The molecule has 3 aromatic rings. The van der Waals surface area contributed by atoms with E-state index in [1.807, 2.05) is 30.3 Å². The molecule has 2 aromatic carbocycles. The number of ketones is 1. The molecule has 1 atom stereocenters. The zero-order chi connectivity index (χ0) is 28.2. The highest BCUT2D eigenvalue weighted by molar-refractivity contribution is 6.46. The monoisotopic (exact) mass is 546 g/mol. The van der Waals surface area contributed by atoms with Crippen molar-refractivity contribution in [3.8, 4) is 17.2 Å². The van der Waals surface area contributed by atoms with Gasteiger partial charge in [0.25, 0.3) is 5.91 Å². The second kappa shape index (κ2) is 11.9. The minimum atomic E-state index is -0.920. The molecule has 0 spiro atoms. The van der Waals surface area contributed by atoms with Crippen LogP contribution in [0.15, 0.2) is 60.3 Å². The van der Waals surface area contributed by atoms with Crippen LogP contribution < -0.4 is 19.5 Å². The SMILES string of the molecule is COc1cccc(C2C(=C([O-])c3cnn(-c4ccccc4)c3C)C(=O)C(=O)N2CCC[NH+]2CCOCC2)c1OC. The first-order chi connectivity index (χ1) is 19.5. The molecule has 1 amide bonds. The first-order valence-corrected chi connectivity index (χ1v) is 13.4. The number of likely N-dealkylation sites (tertiary alicyclic amines) is 1. The van der Waals surface area contributed by atoms with Crippen LogP contribution in [0.3, 0.4) is 0 Å². The maximum absolute atomic E-state index is 14.1. The molecule has 10 heteroatoms. The summed E-state index contributed by atoms with van der Waals surface area (Å²) in [5, 5.41) is 18.5. The number of amides is 1. The normalized spacial score (nSPS) is 19.3. The molecular formula is C30H34N4O6. The van der Waals surface area contributed by atoms with Crippen molar-refractivity contribution in [2.75, 3.05) is 53.6 Å². The number of morpholine rings is 1. The second-order valence-electron chi connectivity index (χ2n) is 9.91. The van der Waals surface area contributed by atoms with Gasteiger partial charge in [-0.2, -0.15) is 5.10 Å². The van der Waals surface area contributed by atoms with Crippen molar-refractivity contribution in [3.05, 3.63) is 77.1 Å². The van der Waals surface area contributed by atoms with E-state index in [2.05, 4.69) is 5.10 Å². The quantitative estimate of drug-likeness (QED) is 0.239. The fourth-order valence-electron chi connectivity index (χ4n) is 5.57. The molecule has 2 saturated heterocycles. The predicted molar refractivity (Wildman–Crippen MR) is 145 cm³/mol. The van der Waals surface area contributed by atoms with E-state index < -0.39 is 23.5 Å². The molecule has 5 rings (SSSR count). The van der Waals surface area contributed by atoms with Crippen LogP contribution in [0.2, 0.25) is 0 Å². The number of Topliss-reactive ketones (excluding diaryl/α,β-unsaturated/α-hetero) is 1. The first-order valence-electron chi connectivity index (χ1n) is 13.4. The van der Waals surface area contributed by atoms with E-state index in [0.717, 1.165) is 25.3 Å². The van der Waals surface area contributed by atoms with Gasteiger partial charge in [-0.1, -0.05) is 36.1 Å². The van der Waals surface area contributed by atoms with Crippen molar-refractivity contribution in [1.29, 1.82) is 0 Å². The average molecular weight is 547 g/mol. The fraction of sp³-hybridized carbons (Fsp3) is 0.367. The lowest BCUT2D eigenvalue weighted by atomic mass is 9.94. The lowest BCUT2D eigenvalue weighted by Crippen LogP contribution is -3.14. The molecule has 10 nitrogen and oxygen atoms in total. The lowest BCUT2D eigenvalue weighted by Gasteiger charge is -2.30. The number of ether oxygens (including phenoxy) is 3. The topological polar surface area (TPSA) is 110 Å². The number of nitrogens with one attached hydrogen (secondary N) is 1. The Labute approximate surface area is 233 Å². The van der Waals surface area contributed by atoms with Crippen molar-refractivity contribution in [2.24, 2.45) is 0 Å². The maximum atomic E-state index is 14.1.